The number of aromatic nitrogens is 1. The van der Waals surface area contributed by atoms with E-state index in [9.17, 15) is 9.90 Å². The molecule has 2 heterocycles. The Morgan fingerprint density at radius 2 is 1.52 bits per heavy atom. The standard InChI is InChI=1S/C22H20NS.C15H28O2.Ir/c1-14-13-24-20-10-9-19(23-21(14)20)16-11-15-7-5-6-8-17(15)18(12-16)22(2,3)4;1-7-14(5,8-2)12(16)11-13(17)15(6,9-3)10-4;/h5-10,12-13H,1-4H3;11,16H,7-10H2,1-6H3;/q-1;;/b;12-11-;. The van der Waals surface area contributed by atoms with Gasteiger partial charge in [-0.05, 0) is 55.0 Å². The van der Waals surface area contributed by atoms with Crippen LogP contribution in [-0.2, 0) is 30.3 Å². The monoisotopic (exact) mass is 763 g/mol. The summed E-state index contributed by atoms with van der Waals surface area (Å²) in [6.07, 6.45) is 4.75. The van der Waals surface area contributed by atoms with Crippen LogP contribution < -0.4 is 0 Å². The van der Waals surface area contributed by atoms with Crippen molar-refractivity contribution in [3.63, 3.8) is 0 Å². The number of aliphatic hydroxyl groups is 1. The van der Waals surface area contributed by atoms with Crippen LogP contribution in [0.1, 0.15) is 99.1 Å². The SMILES string of the molecule is CCC(C)(CC)C(=O)/C=C(\O)C(C)(CC)CC.Cc1csc2ccc(-c3[c-]c4ccccc4c(C(C)(C)C)c3)nc12.[Ir]. The van der Waals surface area contributed by atoms with Crippen LogP contribution in [0, 0.1) is 23.8 Å². The van der Waals surface area contributed by atoms with Gasteiger partial charge in [-0.2, -0.15) is 0 Å². The van der Waals surface area contributed by atoms with Crippen molar-refractivity contribution < 1.29 is 30.0 Å². The van der Waals surface area contributed by atoms with Crippen molar-refractivity contribution in [2.45, 2.75) is 100 Å². The second-order valence-corrected chi connectivity index (χ2v) is 13.7. The summed E-state index contributed by atoms with van der Waals surface area (Å²) in [7, 11) is 0. The van der Waals surface area contributed by atoms with E-state index in [4.69, 9.17) is 4.98 Å². The molecule has 0 aliphatic heterocycles. The van der Waals surface area contributed by atoms with Gasteiger partial charge in [0.1, 0.15) is 5.76 Å². The summed E-state index contributed by atoms with van der Waals surface area (Å²) < 4.78 is 1.24. The third-order valence-electron chi connectivity index (χ3n) is 9.06. The number of aryl methyl sites for hydroxylation is 1. The first-order valence-electron chi connectivity index (χ1n) is 15.0. The molecule has 0 aliphatic rings. The third-order valence-corrected chi connectivity index (χ3v) is 10.1. The van der Waals surface area contributed by atoms with Crippen molar-refractivity contribution in [2.24, 2.45) is 10.8 Å². The maximum atomic E-state index is 12.2. The maximum absolute atomic E-state index is 12.2. The maximum Gasteiger partial charge on any atom is 0.164 e. The number of pyridine rings is 1. The Bertz CT molecular complexity index is 1530. The van der Waals surface area contributed by atoms with E-state index in [2.05, 4.69) is 81.6 Å². The van der Waals surface area contributed by atoms with E-state index in [1.54, 1.807) is 11.3 Å². The van der Waals surface area contributed by atoms with E-state index in [1.165, 1.54) is 27.3 Å². The van der Waals surface area contributed by atoms with Crippen molar-refractivity contribution in [1.29, 1.82) is 0 Å². The molecule has 1 N–H and O–H groups in total. The number of nitrogens with zero attached hydrogens (tertiary/aromatic N) is 1. The molecule has 0 saturated heterocycles. The molecule has 4 aromatic rings. The second-order valence-electron chi connectivity index (χ2n) is 12.8. The summed E-state index contributed by atoms with van der Waals surface area (Å²) in [6.45, 7) is 21.0. The Morgan fingerprint density at radius 3 is 2.10 bits per heavy atom. The zero-order valence-corrected chi connectivity index (χ0v) is 30.3. The van der Waals surface area contributed by atoms with Crippen LogP contribution >= 0.6 is 11.3 Å². The van der Waals surface area contributed by atoms with E-state index >= 15 is 0 Å². The van der Waals surface area contributed by atoms with Gasteiger partial charge in [-0.3, -0.25) is 9.78 Å². The predicted octanol–water partition coefficient (Wildman–Crippen LogP) is 11.2. The Kier molecular flexibility index (Phi) is 12.3. The molecule has 4 rings (SSSR count). The first-order valence-corrected chi connectivity index (χ1v) is 15.9. The average molecular weight is 763 g/mol. The van der Waals surface area contributed by atoms with Crippen molar-refractivity contribution in [3.05, 3.63) is 76.9 Å². The normalized spacial score (nSPS) is 12.6. The summed E-state index contributed by atoms with van der Waals surface area (Å²) in [4.78, 5) is 17.1. The van der Waals surface area contributed by atoms with E-state index in [0.717, 1.165) is 47.8 Å². The molecule has 229 valence electrons. The predicted molar refractivity (Wildman–Crippen MR) is 178 cm³/mol. The molecule has 1 radical (unpaired) electrons. The van der Waals surface area contributed by atoms with Crippen LogP contribution in [0.4, 0.5) is 0 Å². The van der Waals surface area contributed by atoms with E-state index in [-0.39, 0.29) is 47.9 Å². The number of hydrogen-bond acceptors (Lipinski definition) is 4. The third kappa shape index (κ3) is 7.78. The molecule has 0 unspecified atom stereocenters. The molecule has 5 heteroatoms. The Labute approximate surface area is 271 Å². The number of aliphatic hydroxyl groups excluding tert-OH is 1. The van der Waals surface area contributed by atoms with Crippen molar-refractivity contribution in [3.8, 4) is 11.3 Å². The molecule has 2 aromatic heterocycles. The van der Waals surface area contributed by atoms with Gasteiger partial charge in [0.15, 0.2) is 5.78 Å². The summed E-state index contributed by atoms with van der Waals surface area (Å²) in [6, 6.07) is 18.6. The van der Waals surface area contributed by atoms with Gasteiger partial charge in [0.05, 0.1) is 10.2 Å². The minimum Gasteiger partial charge on any atom is -0.512 e. The van der Waals surface area contributed by atoms with Gasteiger partial charge in [0.25, 0.3) is 0 Å². The number of rotatable bonds is 8. The fourth-order valence-electron chi connectivity index (χ4n) is 4.85. The van der Waals surface area contributed by atoms with Gasteiger partial charge in [-0.1, -0.05) is 97.5 Å². The van der Waals surface area contributed by atoms with Crippen LogP contribution in [0.2, 0.25) is 0 Å². The summed E-state index contributed by atoms with van der Waals surface area (Å²) in [5.41, 5.74) is 5.24. The van der Waals surface area contributed by atoms with Crippen LogP contribution in [0.5, 0.6) is 0 Å². The molecule has 42 heavy (non-hydrogen) atoms. The van der Waals surface area contributed by atoms with Gasteiger partial charge in [-0.15, -0.1) is 40.5 Å². The van der Waals surface area contributed by atoms with E-state index in [0.29, 0.717) is 0 Å². The average Bonchev–Trinajstić information content (AvgIpc) is 3.35. The number of carbonyl (C=O) groups excluding carboxylic acids is 1. The van der Waals surface area contributed by atoms with Gasteiger partial charge in [-0.25, -0.2) is 0 Å². The van der Waals surface area contributed by atoms with Gasteiger partial charge >= 0.3 is 0 Å². The number of benzene rings is 2. The van der Waals surface area contributed by atoms with Crippen LogP contribution in [0.15, 0.2) is 59.7 Å². The molecule has 0 atom stereocenters. The summed E-state index contributed by atoms with van der Waals surface area (Å²) in [5, 5.41) is 14.7. The first kappa shape index (κ1) is 35.9. The smallest absolute Gasteiger partial charge is 0.164 e. The molecule has 0 bridgehead atoms. The quantitative estimate of drug-likeness (QED) is 0.110. The van der Waals surface area contributed by atoms with Crippen molar-refractivity contribution in [1.82, 2.24) is 4.98 Å². The van der Waals surface area contributed by atoms with Crippen molar-refractivity contribution >= 4 is 38.1 Å². The molecular formula is C37H48IrNO2S-. The Morgan fingerprint density at radius 1 is 0.929 bits per heavy atom. The van der Waals surface area contributed by atoms with Gasteiger partial charge in [0, 0.05) is 42.7 Å². The van der Waals surface area contributed by atoms with Crippen LogP contribution in [0.25, 0.3) is 32.2 Å². The number of carbonyl (C=O) groups is 1. The number of ketones is 1. The van der Waals surface area contributed by atoms with E-state index < -0.39 is 0 Å². The molecule has 0 amide bonds. The molecule has 0 fully saturated rings. The molecular weight excluding hydrogens is 715 g/mol. The molecule has 0 saturated carbocycles. The molecule has 2 aromatic carbocycles. The fraction of sp³-hybridized carbons (Fsp3) is 0.459. The number of thiophene rings is 1. The van der Waals surface area contributed by atoms with Gasteiger partial charge < -0.3 is 5.11 Å². The Hall–Kier alpha value is -2.33. The Balaban J connectivity index is 0.000000307. The zero-order chi connectivity index (χ0) is 30.6. The molecule has 0 spiro atoms. The molecule has 3 nitrogen and oxygen atoms in total. The van der Waals surface area contributed by atoms with Crippen LogP contribution in [-0.4, -0.2) is 15.9 Å². The zero-order valence-electron chi connectivity index (χ0n) is 27.1. The topological polar surface area (TPSA) is 50.2 Å². The minimum atomic E-state index is -0.337. The van der Waals surface area contributed by atoms with Crippen LogP contribution in [0.3, 0.4) is 0 Å². The summed E-state index contributed by atoms with van der Waals surface area (Å²) >= 11 is 1.76. The van der Waals surface area contributed by atoms with Crippen molar-refractivity contribution in [2.75, 3.05) is 0 Å². The van der Waals surface area contributed by atoms with E-state index in [1.807, 2.05) is 41.5 Å². The number of allylic oxidation sites excluding steroid dienone is 2. The summed E-state index contributed by atoms with van der Waals surface area (Å²) in [5.74, 6) is 0.286. The second kappa shape index (κ2) is 14.4. The first-order chi connectivity index (χ1) is 19.2. The number of fused-ring (bicyclic) bond motifs is 2. The largest absolute Gasteiger partial charge is 0.512 e. The number of hydrogen-bond donors (Lipinski definition) is 1. The fourth-order valence-corrected chi connectivity index (χ4v) is 5.73. The minimum absolute atomic E-state index is 0. The molecule has 0 aliphatic carbocycles. The van der Waals surface area contributed by atoms with Gasteiger partial charge in [0.2, 0.25) is 0 Å².